The summed E-state index contributed by atoms with van der Waals surface area (Å²) < 4.78 is 22.0. The number of methoxy groups -OCH3 is 3. The third-order valence-electron chi connectivity index (χ3n) is 5.25. The van der Waals surface area contributed by atoms with E-state index in [1.54, 1.807) is 17.0 Å². The van der Waals surface area contributed by atoms with Crippen molar-refractivity contribution in [3.63, 3.8) is 0 Å². The molecule has 0 saturated carbocycles. The van der Waals surface area contributed by atoms with Gasteiger partial charge in [-0.15, -0.1) is 0 Å². The topological polar surface area (TPSA) is 70.1 Å². The van der Waals surface area contributed by atoms with Gasteiger partial charge in [-0.05, 0) is 23.6 Å². The number of carbonyl (C=O) groups excluding carboxylic acids is 1. The average molecular weight is 408 g/mol. The first-order chi connectivity index (χ1) is 14.6. The summed E-state index contributed by atoms with van der Waals surface area (Å²) >= 11 is 0. The maximum Gasteiger partial charge on any atom is 0.254 e. The van der Waals surface area contributed by atoms with Crippen LogP contribution in [0.5, 0.6) is 17.2 Å². The smallest absolute Gasteiger partial charge is 0.254 e. The molecule has 0 N–H and O–H groups in total. The number of amides is 1. The van der Waals surface area contributed by atoms with E-state index in [1.807, 2.05) is 36.5 Å². The van der Waals surface area contributed by atoms with E-state index in [9.17, 15) is 4.79 Å². The molecule has 7 heteroatoms. The van der Waals surface area contributed by atoms with Crippen LogP contribution >= 0.6 is 0 Å². The molecule has 4 rings (SSSR count). The highest BCUT2D eigenvalue weighted by atomic mass is 16.5. The number of aromatic nitrogens is 1. The van der Waals surface area contributed by atoms with E-state index in [-0.39, 0.29) is 12.0 Å². The highest BCUT2D eigenvalue weighted by Gasteiger charge is 2.28. The molecule has 1 saturated heterocycles. The lowest BCUT2D eigenvalue weighted by molar-refractivity contribution is -0.0246. The zero-order valence-corrected chi connectivity index (χ0v) is 17.3. The van der Waals surface area contributed by atoms with Crippen LogP contribution in [0.2, 0.25) is 0 Å². The Hall–Kier alpha value is -3.32. The van der Waals surface area contributed by atoms with Crippen LogP contribution in [0.25, 0.3) is 10.8 Å². The molecule has 2 heterocycles. The molecular weight excluding hydrogens is 384 g/mol. The predicted molar refractivity (Wildman–Crippen MR) is 112 cm³/mol. The lowest BCUT2D eigenvalue weighted by Gasteiger charge is -2.33. The van der Waals surface area contributed by atoms with Gasteiger partial charge in [0.1, 0.15) is 6.10 Å². The van der Waals surface area contributed by atoms with Crippen LogP contribution in [0.1, 0.15) is 22.2 Å². The molecule has 1 aromatic heterocycles. The molecule has 3 aromatic rings. The molecule has 0 spiro atoms. The fraction of sp³-hybridized carbons (Fsp3) is 0.304. The first kappa shape index (κ1) is 20.0. The lowest BCUT2D eigenvalue weighted by Crippen LogP contribution is -2.42. The zero-order chi connectivity index (χ0) is 21.1. The number of morpholine rings is 1. The predicted octanol–water partition coefficient (Wildman–Crippen LogP) is 3.47. The van der Waals surface area contributed by atoms with E-state index in [0.717, 1.165) is 16.5 Å². The van der Waals surface area contributed by atoms with Crippen LogP contribution in [0.4, 0.5) is 0 Å². The fourth-order valence-corrected chi connectivity index (χ4v) is 3.68. The molecule has 0 bridgehead atoms. The van der Waals surface area contributed by atoms with Gasteiger partial charge < -0.3 is 23.8 Å². The Kier molecular flexibility index (Phi) is 5.72. The monoisotopic (exact) mass is 408 g/mol. The quantitative estimate of drug-likeness (QED) is 0.644. The number of nitrogens with zero attached hydrogens (tertiary/aromatic N) is 2. The summed E-state index contributed by atoms with van der Waals surface area (Å²) in [6.45, 7) is 1.36. The standard InChI is InChI=1S/C23H24N2O5/c1-27-19-11-17(12-20(28-2)22(19)29-3)23(26)25-8-9-30-21(14-25)18-10-15-6-4-5-7-16(15)13-24-18/h4-7,10-13,21H,8-9,14H2,1-3H3. The number of pyridine rings is 1. The number of rotatable bonds is 5. The van der Waals surface area contributed by atoms with Crippen molar-refractivity contribution in [3.05, 3.63) is 59.9 Å². The van der Waals surface area contributed by atoms with Crippen molar-refractivity contribution in [1.82, 2.24) is 9.88 Å². The number of ether oxygens (including phenoxy) is 4. The van der Waals surface area contributed by atoms with E-state index < -0.39 is 0 Å². The van der Waals surface area contributed by atoms with Gasteiger partial charge in [-0.1, -0.05) is 24.3 Å². The first-order valence-electron chi connectivity index (χ1n) is 9.70. The molecule has 1 aliphatic heterocycles. The van der Waals surface area contributed by atoms with E-state index in [2.05, 4.69) is 4.98 Å². The van der Waals surface area contributed by atoms with Crippen molar-refractivity contribution in [1.29, 1.82) is 0 Å². The highest BCUT2D eigenvalue weighted by molar-refractivity contribution is 5.95. The summed E-state index contributed by atoms with van der Waals surface area (Å²) in [6.07, 6.45) is 1.56. The summed E-state index contributed by atoms with van der Waals surface area (Å²) in [4.78, 5) is 19.5. The number of fused-ring (bicyclic) bond motifs is 1. The van der Waals surface area contributed by atoms with Crippen molar-refractivity contribution in [2.75, 3.05) is 41.0 Å². The van der Waals surface area contributed by atoms with Gasteiger partial charge in [0.15, 0.2) is 11.5 Å². The second-order valence-electron chi connectivity index (χ2n) is 6.98. The molecule has 1 unspecified atom stereocenters. The summed E-state index contributed by atoms with van der Waals surface area (Å²) in [6, 6.07) is 13.4. The maximum atomic E-state index is 13.2. The van der Waals surface area contributed by atoms with Gasteiger partial charge in [0.25, 0.3) is 5.91 Å². The Morgan fingerprint density at radius 1 is 1.03 bits per heavy atom. The molecule has 1 amide bonds. The van der Waals surface area contributed by atoms with Crippen molar-refractivity contribution < 1.29 is 23.7 Å². The van der Waals surface area contributed by atoms with Crippen molar-refractivity contribution in [2.24, 2.45) is 0 Å². The summed E-state index contributed by atoms with van der Waals surface area (Å²) in [5, 5.41) is 2.17. The van der Waals surface area contributed by atoms with Crippen molar-refractivity contribution in [2.45, 2.75) is 6.10 Å². The molecule has 0 radical (unpaired) electrons. The molecular formula is C23H24N2O5. The fourth-order valence-electron chi connectivity index (χ4n) is 3.68. The average Bonchev–Trinajstić information content (AvgIpc) is 2.82. The van der Waals surface area contributed by atoms with Crippen LogP contribution < -0.4 is 14.2 Å². The molecule has 156 valence electrons. The Labute approximate surface area is 175 Å². The van der Waals surface area contributed by atoms with Gasteiger partial charge in [-0.2, -0.15) is 0 Å². The largest absolute Gasteiger partial charge is 0.493 e. The molecule has 2 aromatic carbocycles. The van der Waals surface area contributed by atoms with Crippen LogP contribution in [0.15, 0.2) is 48.7 Å². The molecule has 7 nitrogen and oxygen atoms in total. The van der Waals surface area contributed by atoms with Gasteiger partial charge in [0.2, 0.25) is 5.75 Å². The number of benzene rings is 2. The van der Waals surface area contributed by atoms with Crippen LogP contribution in [-0.4, -0.2) is 56.8 Å². The van der Waals surface area contributed by atoms with Gasteiger partial charge in [0.05, 0.1) is 40.2 Å². The third-order valence-corrected chi connectivity index (χ3v) is 5.25. The van der Waals surface area contributed by atoms with Gasteiger partial charge in [-0.3, -0.25) is 9.78 Å². The summed E-state index contributed by atoms with van der Waals surface area (Å²) in [5.41, 5.74) is 1.28. The Balaban J connectivity index is 1.59. The van der Waals surface area contributed by atoms with Gasteiger partial charge >= 0.3 is 0 Å². The Bertz CT molecular complexity index is 1040. The van der Waals surface area contributed by atoms with E-state index in [4.69, 9.17) is 18.9 Å². The molecule has 30 heavy (non-hydrogen) atoms. The molecule has 1 fully saturated rings. The zero-order valence-electron chi connectivity index (χ0n) is 17.3. The third kappa shape index (κ3) is 3.76. The van der Waals surface area contributed by atoms with Crippen LogP contribution in [-0.2, 0) is 4.74 Å². The number of carbonyl (C=O) groups is 1. The maximum absolute atomic E-state index is 13.2. The minimum atomic E-state index is -0.283. The molecule has 1 aliphatic rings. The van der Waals surface area contributed by atoms with Gasteiger partial charge in [0, 0.05) is 23.7 Å². The molecule has 0 aliphatic carbocycles. The van der Waals surface area contributed by atoms with Crippen LogP contribution in [0.3, 0.4) is 0 Å². The highest BCUT2D eigenvalue weighted by Crippen LogP contribution is 2.38. The lowest BCUT2D eigenvalue weighted by atomic mass is 10.1. The normalized spacial score (nSPS) is 16.4. The van der Waals surface area contributed by atoms with E-state index >= 15 is 0 Å². The Morgan fingerprint density at radius 2 is 1.73 bits per heavy atom. The van der Waals surface area contributed by atoms with Gasteiger partial charge in [-0.25, -0.2) is 0 Å². The summed E-state index contributed by atoms with van der Waals surface area (Å²) in [5.74, 6) is 1.22. The van der Waals surface area contributed by atoms with E-state index in [0.29, 0.717) is 42.5 Å². The minimum absolute atomic E-state index is 0.122. The number of hydrogen-bond donors (Lipinski definition) is 0. The van der Waals surface area contributed by atoms with Crippen LogP contribution in [0, 0.1) is 0 Å². The molecule has 1 atom stereocenters. The minimum Gasteiger partial charge on any atom is -0.493 e. The van der Waals surface area contributed by atoms with Crippen molar-refractivity contribution in [3.8, 4) is 17.2 Å². The van der Waals surface area contributed by atoms with E-state index in [1.165, 1.54) is 21.3 Å². The van der Waals surface area contributed by atoms with Crippen molar-refractivity contribution >= 4 is 16.7 Å². The Morgan fingerprint density at radius 3 is 2.40 bits per heavy atom. The summed E-state index contributed by atoms with van der Waals surface area (Å²) in [7, 11) is 4.59. The first-order valence-corrected chi connectivity index (χ1v) is 9.70. The second kappa shape index (κ2) is 8.59. The number of hydrogen-bond acceptors (Lipinski definition) is 6. The SMILES string of the molecule is COc1cc(C(=O)N2CCOC(c3cc4ccccc4cn3)C2)cc(OC)c1OC. The second-order valence-corrected chi connectivity index (χ2v) is 6.98.